The monoisotopic (exact) mass is 388 g/mol. The van der Waals surface area contributed by atoms with Gasteiger partial charge in [0.1, 0.15) is 0 Å². The molecule has 0 radical (unpaired) electrons. The van der Waals surface area contributed by atoms with Crippen molar-refractivity contribution < 1.29 is 22.7 Å². The van der Waals surface area contributed by atoms with E-state index < -0.39 is 21.9 Å². The summed E-state index contributed by atoms with van der Waals surface area (Å²) >= 11 is 0. The number of hydrogen-bond donors (Lipinski definition) is 1. The molecule has 2 N–H and O–H groups in total. The molecule has 1 aliphatic rings. The number of hydrogen-bond acceptors (Lipinski definition) is 5. The molecule has 0 unspecified atom stereocenters. The zero-order valence-electron chi connectivity index (χ0n) is 14.8. The zero-order chi connectivity index (χ0) is 19.6. The maximum absolute atomic E-state index is 13.1. The summed E-state index contributed by atoms with van der Waals surface area (Å²) in [6.07, 6.45) is 1.61. The van der Waals surface area contributed by atoms with Gasteiger partial charge in [-0.2, -0.15) is 4.31 Å². The van der Waals surface area contributed by atoms with E-state index in [1.54, 1.807) is 24.3 Å². The number of carbonyl (C=O) groups excluding carboxylic acids is 2. The summed E-state index contributed by atoms with van der Waals surface area (Å²) in [6.45, 7) is 0.199. The molecule has 7 nitrogen and oxygen atoms in total. The highest BCUT2D eigenvalue weighted by Crippen LogP contribution is 2.33. The second kappa shape index (κ2) is 7.50. The number of sulfonamides is 1. The average molecular weight is 388 g/mol. The minimum absolute atomic E-state index is 0.0499. The molecule has 1 fully saturated rings. The molecule has 2 aromatic carbocycles. The van der Waals surface area contributed by atoms with Crippen LogP contribution in [-0.2, 0) is 21.3 Å². The molecule has 8 heteroatoms. The number of rotatable bonds is 7. The Morgan fingerprint density at radius 2 is 1.59 bits per heavy atom. The first-order valence-corrected chi connectivity index (χ1v) is 9.86. The minimum Gasteiger partial charge on any atom is -0.465 e. The van der Waals surface area contributed by atoms with Crippen molar-refractivity contribution in [1.29, 1.82) is 0 Å². The number of benzene rings is 2. The first-order chi connectivity index (χ1) is 12.8. The lowest BCUT2D eigenvalue weighted by Gasteiger charge is -2.22. The van der Waals surface area contributed by atoms with Crippen LogP contribution in [0.5, 0.6) is 0 Å². The summed E-state index contributed by atoms with van der Waals surface area (Å²) in [6, 6.07) is 12.2. The molecule has 0 bridgehead atoms. The van der Waals surface area contributed by atoms with E-state index in [2.05, 4.69) is 4.74 Å². The highest BCUT2D eigenvalue weighted by atomic mass is 32.2. The molecule has 1 aliphatic carbocycles. The van der Waals surface area contributed by atoms with E-state index in [-0.39, 0.29) is 23.0 Å². The fourth-order valence-electron chi connectivity index (χ4n) is 2.74. The molecule has 0 aliphatic heterocycles. The van der Waals surface area contributed by atoms with Gasteiger partial charge in [0.25, 0.3) is 0 Å². The lowest BCUT2D eigenvalue weighted by atomic mass is 10.1. The van der Waals surface area contributed by atoms with Crippen LogP contribution < -0.4 is 5.73 Å². The van der Waals surface area contributed by atoms with Gasteiger partial charge < -0.3 is 10.5 Å². The molecule has 0 spiro atoms. The Bertz CT molecular complexity index is 949. The second-order valence-corrected chi connectivity index (χ2v) is 8.25. The highest BCUT2D eigenvalue weighted by Gasteiger charge is 2.38. The smallest absolute Gasteiger partial charge is 0.337 e. The molecule has 0 atom stereocenters. The number of amides is 1. The third-order valence-corrected chi connectivity index (χ3v) is 6.33. The number of ether oxygens (including phenoxy) is 1. The summed E-state index contributed by atoms with van der Waals surface area (Å²) in [5, 5.41) is 0. The van der Waals surface area contributed by atoms with Gasteiger partial charge in [-0.05, 0) is 54.8 Å². The van der Waals surface area contributed by atoms with E-state index in [1.807, 2.05) is 0 Å². The molecule has 0 aromatic heterocycles. The Morgan fingerprint density at radius 1 is 1.04 bits per heavy atom. The molecule has 1 amide bonds. The molecule has 27 heavy (non-hydrogen) atoms. The molecule has 2 aromatic rings. The van der Waals surface area contributed by atoms with Crippen molar-refractivity contribution in [1.82, 2.24) is 4.31 Å². The number of esters is 1. The van der Waals surface area contributed by atoms with Gasteiger partial charge in [-0.15, -0.1) is 0 Å². The second-order valence-electron chi connectivity index (χ2n) is 6.36. The summed E-state index contributed by atoms with van der Waals surface area (Å²) < 4.78 is 32.2. The predicted molar refractivity (Wildman–Crippen MR) is 98.5 cm³/mol. The van der Waals surface area contributed by atoms with Crippen LogP contribution in [-0.4, -0.2) is 37.8 Å². The lowest BCUT2D eigenvalue weighted by molar-refractivity contribution is 0.0600. The largest absolute Gasteiger partial charge is 0.465 e. The van der Waals surface area contributed by atoms with Crippen LogP contribution in [0.3, 0.4) is 0 Å². The normalized spacial score (nSPS) is 14.1. The van der Waals surface area contributed by atoms with Crippen molar-refractivity contribution in [3.63, 3.8) is 0 Å². The van der Waals surface area contributed by atoms with Crippen molar-refractivity contribution >= 4 is 21.9 Å². The van der Waals surface area contributed by atoms with E-state index in [0.717, 1.165) is 18.4 Å². The number of nitrogens with two attached hydrogens (primary N) is 1. The quantitative estimate of drug-likeness (QED) is 0.730. The van der Waals surface area contributed by atoms with Crippen LogP contribution in [0.25, 0.3) is 0 Å². The zero-order valence-corrected chi connectivity index (χ0v) is 15.6. The van der Waals surface area contributed by atoms with Gasteiger partial charge in [0, 0.05) is 18.2 Å². The van der Waals surface area contributed by atoms with E-state index in [9.17, 15) is 18.0 Å². The van der Waals surface area contributed by atoms with E-state index in [0.29, 0.717) is 5.56 Å². The van der Waals surface area contributed by atoms with Crippen molar-refractivity contribution in [2.75, 3.05) is 7.11 Å². The van der Waals surface area contributed by atoms with Crippen LogP contribution in [0, 0.1) is 0 Å². The van der Waals surface area contributed by atoms with Crippen molar-refractivity contribution in [2.45, 2.75) is 30.3 Å². The molecule has 0 saturated heterocycles. The number of carbonyl (C=O) groups is 2. The standard InChI is InChI=1S/C19H20N2O5S/c1-26-19(23)15-6-10-17(11-7-15)27(24,25)21(16-8-9-16)12-13-2-4-14(5-3-13)18(20)22/h2-7,10-11,16H,8-9,12H2,1H3,(H2,20,22). The average Bonchev–Trinajstić information content (AvgIpc) is 3.50. The van der Waals surface area contributed by atoms with Gasteiger partial charge in [0.2, 0.25) is 15.9 Å². The maximum atomic E-state index is 13.1. The van der Waals surface area contributed by atoms with Crippen LogP contribution in [0.15, 0.2) is 53.4 Å². The van der Waals surface area contributed by atoms with E-state index in [1.165, 1.54) is 35.7 Å². The Labute approximate surface area is 157 Å². The fourth-order valence-corrected chi connectivity index (χ4v) is 4.42. The third kappa shape index (κ3) is 4.17. The Morgan fingerprint density at radius 3 is 2.07 bits per heavy atom. The van der Waals surface area contributed by atoms with Crippen LogP contribution in [0.1, 0.15) is 39.1 Å². The SMILES string of the molecule is COC(=O)c1ccc(S(=O)(=O)N(Cc2ccc(C(N)=O)cc2)C2CC2)cc1. The van der Waals surface area contributed by atoms with Crippen LogP contribution in [0.2, 0.25) is 0 Å². The highest BCUT2D eigenvalue weighted by molar-refractivity contribution is 7.89. The van der Waals surface area contributed by atoms with Gasteiger partial charge in [-0.3, -0.25) is 4.79 Å². The van der Waals surface area contributed by atoms with Crippen LogP contribution >= 0.6 is 0 Å². The molecular formula is C19H20N2O5S. The lowest BCUT2D eigenvalue weighted by Crippen LogP contribution is -2.32. The number of methoxy groups -OCH3 is 1. The first kappa shape index (κ1) is 19.1. The summed E-state index contributed by atoms with van der Waals surface area (Å²) in [7, 11) is -2.45. The maximum Gasteiger partial charge on any atom is 0.337 e. The molecule has 3 rings (SSSR count). The summed E-state index contributed by atoms with van der Waals surface area (Å²) in [5.41, 5.74) is 6.66. The first-order valence-electron chi connectivity index (χ1n) is 8.42. The number of nitrogens with zero attached hydrogens (tertiary/aromatic N) is 1. The summed E-state index contributed by atoms with van der Waals surface area (Å²) in [4.78, 5) is 22.8. The van der Waals surface area contributed by atoms with Crippen molar-refractivity contribution in [3.8, 4) is 0 Å². The molecule has 1 saturated carbocycles. The summed E-state index contributed by atoms with van der Waals surface area (Å²) in [5.74, 6) is -1.05. The third-order valence-electron chi connectivity index (χ3n) is 4.41. The van der Waals surface area contributed by atoms with E-state index in [4.69, 9.17) is 5.73 Å². The Kier molecular flexibility index (Phi) is 5.29. The van der Waals surface area contributed by atoms with Gasteiger partial charge in [-0.25, -0.2) is 13.2 Å². The van der Waals surface area contributed by atoms with Gasteiger partial charge in [0.05, 0.1) is 17.6 Å². The number of primary amides is 1. The molecule has 0 heterocycles. The van der Waals surface area contributed by atoms with Crippen molar-refractivity contribution in [3.05, 3.63) is 65.2 Å². The predicted octanol–water partition coefficient (Wildman–Crippen LogP) is 1.93. The fraction of sp³-hybridized carbons (Fsp3) is 0.263. The van der Waals surface area contributed by atoms with Gasteiger partial charge in [0.15, 0.2) is 0 Å². The Hall–Kier alpha value is -2.71. The topological polar surface area (TPSA) is 107 Å². The van der Waals surface area contributed by atoms with Crippen LogP contribution in [0.4, 0.5) is 0 Å². The van der Waals surface area contributed by atoms with E-state index >= 15 is 0 Å². The van der Waals surface area contributed by atoms with Gasteiger partial charge >= 0.3 is 5.97 Å². The van der Waals surface area contributed by atoms with Crippen molar-refractivity contribution in [2.24, 2.45) is 5.73 Å². The minimum atomic E-state index is -3.72. The molecular weight excluding hydrogens is 368 g/mol. The van der Waals surface area contributed by atoms with Gasteiger partial charge in [-0.1, -0.05) is 12.1 Å². The molecule has 142 valence electrons. The Balaban J connectivity index is 1.85.